The smallest absolute Gasteiger partial charge is 0.305 e. The van der Waals surface area contributed by atoms with Gasteiger partial charge in [-0.25, -0.2) is 4.98 Å². The SMILES string of the molecule is CC(C)C(CC(=O)O)Nc1nc2c(cc1C#N)CCCC2. The normalized spacial score (nSPS) is 15.1. The molecule has 1 aromatic rings. The molecule has 0 aromatic carbocycles. The summed E-state index contributed by atoms with van der Waals surface area (Å²) < 4.78 is 0. The van der Waals surface area contributed by atoms with Crippen LogP contribution in [0, 0.1) is 17.2 Å². The number of hydrogen-bond donors (Lipinski definition) is 2. The Hall–Kier alpha value is -2.09. The maximum absolute atomic E-state index is 11.0. The summed E-state index contributed by atoms with van der Waals surface area (Å²) in [6, 6.07) is 3.84. The van der Waals surface area contributed by atoms with Gasteiger partial charge in [0.15, 0.2) is 0 Å². The molecule has 0 aliphatic heterocycles. The lowest BCUT2D eigenvalue weighted by Gasteiger charge is -2.23. The molecule has 0 saturated heterocycles. The molecule has 112 valence electrons. The van der Waals surface area contributed by atoms with Gasteiger partial charge in [-0.05, 0) is 43.2 Å². The van der Waals surface area contributed by atoms with Crippen molar-refractivity contribution in [1.82, 2.24) is 4.98 Å². The minimum atomic E-state index is -0.849. The minimum absolute atomic E-state index is 0.0152. The number of carboxylic acids is 1. The van der Waals surface area contributed by atoms with E-state index in [1.165, 1.54) is 0 Å². The molecule has 0 amide bonds. The molecule has 1 aromatic heterocycles. The Labute approximate surface area is 125 Å². The number of nitrogens with zero attached hydrogens (tertiary/aromatic N) is 2. The number of anilines is 1. The number of aryl methyl sites for hydroxylation is 2. The zero-order valence-electron chi connectivity index (χ0n) is 12.5. The van der Waals surface area contributed by atoms with Gasteiger partial charge in [-0.15, -0.1) is 0 Å². The first kappa shape index (κ1) is 15.3. The Morgan fingerprint density at radius 2 is 2.19 bits per heavy atom. The number of carboxylic acid groups (broad SMARTS) is 1. The molecule has 0 fully saturated rings. The van der Waals surface area contributed by atoms with Crippen LogP contribution in [0.15, 0.2) is 6.07 Å². The molecule has 1 atom stereocenters. The zero-order valence-corrected chi connectivity index (χ0v) is 12.5. The summed E-state index contributed by atoms with van der Waals surface area (Å²) in [6.07, 6.45) is 4.18. The molecule has 5 heteroatoms. The van der Waals surface area contributed by atoms with Crippen LogP contribution in [0.25, 0.3) is 0 Å². The molecule has 2 rings (SSSR count). The predicted molar refractivity (Wildman–Crippen MR) is 80.1 cm³/mol. The average Bonchev–Trinajstić information content (AvgIpc) is 2.45. The van der Waals surface area contributed by atoms with E-state index in [0.29, 0.717) is 11.4 Å². The van der Waals surface area contributed by atoms with Crippen LogP contribution >= 0.6 is 0 Å². The summed E-state index contributed by atoms with van der Waals surface area (Å²) in [5.74, 6) is -0.179. The van der Waals surface area contributed by atoms with Crippen molar-refractivity contribution in [2.45, 2.75) is 52.0 Å². The summed E-state index contributed by atoms with van der Waals surface area (Å²) in [4.78, 5) is 15.6. The second-order valence-corrected chi connectivity index (χ2v) is 5.90. The van der Waals surface area contributed by atoms with Crippen molar-refractivity contribution in [3.8, 4) is 6.07 Å². The van der Waals surface area contributed by atoms with Crippen LogP contribution < -0.4 is 5.32 Å². The minimum Gasteiger partial charge on any atom is -0.481 e. The molecule has 0 radical (unpaired) electrons. The number of aromatic nitrogens is 1. The Morgan fingerprint density at radius 3 is 2.81 bits per heavy atom. The Balaban J connectivity index is 2.29. The predicted octanol–water partition coefficient (Wildman–Crippen LogP) is 2.74. The van der Waals surface area contributed by atoms with E-state index in [1.807, 2.05) is 19.9 Å². The van der Waals surface area contributed by atoms with Crippen molar-refractivity contribution >= 4 is 11.8 Å². The number of fused-ring (bicyclic) bond motifs is 1. The van der Waals surface area contributed by atoms with Crippen LogP contribution in [0.3, 0.4) is 0 Å². The zero-order chi connectivity index (χ0) is 15.4. The van der Waals surface area contributed by atoms with Crippen molar-refractivity contribution in [1.29, 1.82) is 5.26 Å². The van der Waals surface area contributed by atoms with Gasteiger partial charge in [0.1, 0.15) is 11.9 Å². The third-order valence-electron chi connectivity index (χ3n) is 3.94. The van der Waals surface area contributed by atoms with Crippen LogP contribution in [-0.4, -0.2) is 22.1 Å². The molecule has 1 heterocycles. The molecule has 0 spiro atoms. The first-order chi connectivity index (χ1) is 10.0. The number of aliphatic carboxylic acids is 1. The Bertz CT molecular complexity index is 576. The van der Waals surface area contributed by atoms with Crippen LogP contribution in [0.5, 0.6) is 0 Å². The quantitative estimate of drug-likeness (QED) is 0.869. The number of hydrogen-bond acceptors (Lipinski definition) is 4. The topological polar surface area (TPSA) is 86.0 Å². The number of carbonyl (C=O) groups is 1. The molecule has 5 nitrogen and oxygen atoms in total. The van der Waals surface area contributed by atoms with Crippen LogP contribution in [0.2, 0.25) is 0 Å². The first-order valence-corrected chi connectivity index (χ1v) is 7.42. The van der Waals surface area contributed by atoms with Crippen LogP contribution in [0.1, 0.15) is 49.9 Å². The van der Waals surface area contributed by atoms with Gasteiger partial charge in [0, 0.05) is 11.7 Å². The van der Waals surface area contributed by atoms with Gasteiger partial charge < -0.3 is 10.4 Å². The van der Waals surface area contributed by atoms with E-state index in [4.69, 9.17) is 5.11 Å². The Morgan fingerprint density at radius 1 is 1.48 bits per heavy atom. The van der Waals surface area contributed by atoms with E-state index in [-0.39, 0.29) is 18.4 Å². The highest BCUT2D eigenvalue weighted by atomic mass is 16.4. The monoisotopic (exact) mass is 287 g/mol. The van der Waals surface area contributed by atoms with Crippen LogP contribution in [-0.2, 0) is 17.6 Å². The number of rotatable bonds is 5. The van der Waals surface area contributed by atoms with Gasteiger partial charge in [0.05, 0.1) is 12.0 Å². The fourth-order valence-electron chi connectivity index (χ4n) is 2.65. The molecule has 2 N–H and O–H groups in total. The maximum atomic E-state index is 11.0. The van der Waals surface area contributed by atoms with Crippen molar-refractivity contribution < 1.29 is 9.90 Å². The average molecular weight is 287 g/mol. The van der Waals surface area contributed by atoms with Gasteiger partial charge in [0.2, 0.25) is 0 Å². The lowest BCUT2D eigenvalue weighted by atomic mass is 9.94. The fourth-order valence-corrected chi connectivity index (χ4v) is 2.65. The largest absolute Gasteiger partial charge is 0.481 e. The standard InChI is InChI=1S/C16H21N3O2/c1-10(2)14(8-15(20)21)19-16-12(9-17)7-11-5-3-4-6-13(11)18-16/h7,10,14H,3-6,8H2,1-2H3,(H,18,19)(H,20,21). The Kier molecular flexibility index (Phi) is 4.79. The van der Waals surface area contributed by atoms with Crippen LogP contribution in [0.4, 0.5) is 5.82 Å². The van der Waals surface area contributed by atoms with E-state index < -0.39 is 5.97 Å². The fraction of sp³-hybridized carbons (Fsp3) is 0.562. The second-order valence-electron chi connectivity index (χ2n) is 5.90. The maximum Gasteiger partial charge on any atom is 0.305 e. The van der Waals surface area contributed by atoms with Gasteiger partial charge in [0.25, 0.3) is 0 Å². The van der Waals surface area contributed by atoms with E-state index in [2.05, 4.69) is 16.4 Å². The first-order valence-electron chi connectivity index (χ1n) is 7.42. The van der Waals surface area contributed by atoms with E-state index in [9.17, 15) is 10.1 Å². The second kappa shape index (κ2) is 6.57. The van der Waals surface area contributed by atoms with Gasteiger partial charge in [-0.2, -0.15) is 5.26 Å². The van der Waals surface area contributed by atoms with Crippen molar-refractivity contribution in [3.63, 3.8) is 0 Å². The molecule has 0 bridgehead atoms. The van der Waals surface area contributed by atoms with Gasteiger partial charge in [-0.1, -0.05) is 13.8 Å². The summed E-state index contributed by atoms with van der Waals surface area (Å²) in [5, 5.41) is 21.5. The van der Waals surface area contributed by atoms with Crippen molar-refractivity contribution in [2.75, 3.05) is 5.32 Å². The molecule has 1 unspecified atom stereocenters. The van der Waals surface area contributed by atoms with Gasteiger partial charge >= 0.3 is 5.97 Å². The lowest BCUT2D eigenvalue weighted by molar-refractivity contribution is -0.137. The van der Waals surface area contributed by atoms with E-state index in [0.717, 1.165) is 36.9 Å². The van der Waals surface area contributed by atoms with Crippen molar-refractivity contribution in [2.24, 2.45) is 5.92 Å². The van der Waals surface area contributed by atoms with Crippen molar-refractivity contribution in [3.05, 3.63) is 22.9 Å². The summed E-state index contributed by atoms with van der Waals surface area (Å²) in [6.45, 7) is 3.93. The third kappa shape index (κ3) is 3.72. The number of nitrogens with one attached hydrogen (secondary N) is 1. The molecule has 1 aliphatic carbocycles. The number of pyridine rings is 1. The molecule has 0 saturated carbocycles. The summed E-state index contributed by atoms with van der Waals surface area (Å²) in [5.41, 5.74) is 2.70. The van der Waals surface area contributed by atoms with E-state index in [1.54, 1.807) is 0 Å². The molecule has 1 aliphatic rings. The molecular formula is C16H21N3O2. The molecular weight excluding hydrogens is 266 g/mol. The summed E-state index contributed by atoms with van der Waals surface area (Å²) >= 11 is 0. The lowest BCUT2D eigenvalue weighted by Crippen LogP contribution is -2.29. The van der Waals surface area contributed by atoms with E-state index >= 15 is 0 Å². The third-order valence-corrected chi connectivity index (χ3v) is 3.94. The highest BCUT2D eigenvalue weighted by Crippen LogP contribution is 2.25. The summed E-state index contributed by atoms with van der Waals surface area (Å²) in [7, 11) is 0. The van der Waals surface area contributed by atoms with Gasteiger partial charge in [-0.3, -0.25) is 4.79 Å². The highest BCUT2D eigenvalue weighted by molar-refractivity contribution is 5.68. The highest BCUT2D eigenvalue weighted by Gasteiger charge is 2.21. The number of nitriles is 1. The molecule has 21 heavy (non-hydrogen) atoms.